The summed E-state index contributed by atoms with van der Waals surface area (Å²) in [7, 11) is 0. The van der Waals surface area contributed by atoms with Crippen molar-refractivity contribution < 1.29 is 23.8 Å². The number of carbonyl (C=O) groups excluding carboxylic acids is 2. The lowest BCUT2D eigenvalue weighted by Crippen LogP contribution is -2.11. The zero-order valence-electron chi connectivity index (χ0n) is 15.2. The Hall–Kier alpha value is -2.04. The van der Waals surface area contributed by atoms with E-state index < -0.39 is 0 Å². The first kappa shape index (κ1) is 21.0. The van der Waals surface area contributed by atoms with Crippen LogP contribution in [-0.4, -0.2) is 31.8 Å². The van der Waals surface area contributed by atoms with E-state index in [1.54, 1.807) is 0 Å². The summed E-state index contributed by atoms with van der Waals surface area (Å²) < 4.78 is 15.5. The fourth-order valence-corrected chi connectivity index (χ4v) is 2.38. The van der Waals surface area contributed by atoms with E-state index in [9.17, 15) is 9.59 Å². The lowest BCUT2D eigenvalue weighted by atomic mass is 10.1. The fourth-order valence-electron chi connectivity index (χ4n) is 2.38. The molecule has 1 rings (SSSR count). The molecule has 25 heavy (non-hydrogen) atoms. The van der Waals surface area contributed by atoms with Crippen LogP contribution in [0, 0.1) is 0 Å². The van der Waals surface area contributed by atoms with Crippen LogP contribution < -0.4 is 4.74 Å². The van der Waals surface area contributed by atoms with Gasteiger partial charge in [0.1, 0.15) is 19.0 Å². The average Bonchev–Trinajstić information content (AvgIpc) is 2.62. The highest BCUT2D eigenvalue weighted by atomic mass is 16.6. The highest BCUT2D eigenvalue weighted by molar-refractivity contribution is 5.69. The molecule has 0 aliphatic carbocycles. The van der Waals surface area contributed by atoms with E-state index >= 15 is 0 Å². The van der Waals surface area contributed by atoms with Crippen LogP contribution in [0.2, 0.25) is 0 Å². The van der Waals surface area contributed by atoms with Gasteiger partial charge in [0.15, 0.2) is 0 Å². The number of para-hydroxylation sites is 1. The number of esters is 2. The van der Waals surface area contributed by atoms with Gasteiger partial charge in [0.25, 0.3) is 0 Å². The summed E-state index contributed by atoms with van der Waals surface area (Å²) in [6, 6.07) is 9.47. The van der Waals surface area contributed by atoms with E-state index in [-0.39, 0.29) is 18.5 Å². The van der Waals surface area contributed by atoms with Gasteiger partial charge in [-0.15, -0.1) is 0 Å². The Kier molecular flexibility index (Phi) is 12.0. The molecule has 0 fully saturated rings. The predicted octanol–water partition coefficient (Wildman–Crippen LogP) is 4.29. The van der Waals surface area contributed by atoms with Crippen LogP contribution >= 0.6 is 0 Å². The Labute approximate surface area is 150 Å². The maximum Gasteiger partial charge on any atom is 0.305 e. The third kappa shape index (κ3) is 12.0. The number of benzene rings is 1. The molecule has 0 bridgehead atoms. The smallest absolute Gasteiger partial charge is 0.305 e. The van der Waals surface area contributed by atoms with Gasteiger partial charge < -0.3 is 14.2 Å². The van der Waals surface area contributed by atoms with Crippen LogP contribution in [0.1, 0.15) is 58.3 Å². The molecule has 0 aliphatic heterocycles. The van der Waals surface area contributed by atoms with Crippen molar-refractivity contribution >= 4 is 11.9 Å². The topological polar surface area (TPSA) is 61.8 Å². The van der Waals surface area contributed by atoms with Crippen LogP contribution in [0.15, 0.2) is 30.3 Å². The summed E-state index contributed by atoms with van der Waals surface area (Å²) in [5.74, 6) is 0.502. The van der Waals surface area contributed by atoms with Crippen molar-refractivity contribution in [3.8, 4) is 5.75 Å². The van der Waals surface area contributed by atoms with Gasteiger partial charge >= 0.3 is 11.9 Å². The van der Waals surface area contributed by atoms with Crippen molar-refractivity contribution in [1.29, 1.82) is 0 Å². The molecule has 0 saturated heterocycles. The fraction of sp³-hybridized carbons (Fsp3) is 0.600. The lowest BCUT2D eigenvalue weighted by molar-refractivity contribution is -0.145. The quantitative estimate of drug-likeness (QED) is 0.370. The predicted molar refractivity (Wildman–Crippen MR) is 96.5 cm³/mol. The van der Waals surface area contributed by atoms with Crippen LogP contribution in [-0.2, 0) is 19.1 Å². The maximum absolute atomic E-state index is 11.6. The van der Waals surface area contributed by atoms with Gasteiger partial charge in [0, 0.05) is 12.8 Å². The third-order valence-corrected chi connectivity index (χ3v) is 3.68. The molecule has 5 heteroatoms. The highest BCUT2D eigenvalue weighted by Crippen LogP contribution is 2.10. The summed E-state index contributed by atoms with van der Waals surface area (Å²) in [4.78, 5) is 22.8. The largest absolute Gasteiger partial charge is 0.490 e. The van der Waals surface area contributed by atoms with E-state index in [1.807, 2.05) is 37.3 Å². The van der Waals surface area contributed by atoms with Crippen molar-refractivity contribution in [1.82, 2.24) is 0 Å². The average molecular weight is 350 g/mol. The van der Waals surface area contributed by atoms with E-state index in [4.69, 9.17) is 14.2 Å². The number of carbonyl (C=O) groups is 2. The summed E-state index contributed by atoms with van der Waals surface area (Å²) in [5.41, 5.74) is 0. The van der Waals surface area contributed by atoms with E-state index in [2.05, 4.69) is 0 Å². The molecule has 1 aromatic carbocycles. The van der Waals surface area contributed by atoms with Gasteiger partial charge in [0.05, 0.1) is 6.61 Å². The standard InChI is InChI=1S/C20H30O5/c1-2-23-19(21)14-10-5-3-4-6-11-15-20(22)25-17-16-24-18-12-8-7-9-13-18/h7-9,12-13H,2-6,10-11,14-17H2,1H3. The van der Waals surface area contributed by atoms with Crippen molar-refractivity contribution in [2.24, 2.45) is 0 Å². The zero-order valence-corrected chi connectivity index (χ0v) is 15.2. The lowest BCUT2D eigenvalue weighted by Gasteiger charge is -2.07. The second-order valence-electron chi connectivity index (χ2n) is 5.81. The van der Waals surface area contributed by atoms with Crippen LogP contribution in [0.4, 0.5) is 0 Å². The number of unbranched alkanes of at least 4 members (excludes halogenated alkanes) is 5. The number of rotatable bonds is 14. The molecule has 140 valence electrons. The van der Waals surface area contributed by atoms with Crippen molar-refractivity contribution in [2.75, 3.05) is 19.8 Å². The van der Waals surface area contributed by atoms with Crippen molar-refractivity contribution in [3.05, 3.63) is 30.3 Å². The Morgan fingerprint density at radius 3 is 1.92 bits per heavy atom. The molecular formula is C20H30O5. The normalized spacial score (nSPS) is 10.3. The van der Waals surface area contributed by atoms with E-state index in [1.165, 1.54) is 0 Å². The zero-order chi connectivity index (χ0) is 18.2. The minimum absolute atomic E-state index is 0.110. The van der Waals surface area contributed by atoms with E-state index in [0.717, 1.165) is 44.3 Å². The van der Waals surface area contributed by atoms with E-state index in [0.29, 0.717) is 26.1 Å². The third-order valence-electron chi connectivity index (χ3n) is 3.68. The molecule has 0 aliphatic rings. The molecule has 0 aromatic heterocycles. The summed E-state index contributed by atoms with van der Waals surface area (Å²) in [6.45, 7) is 2.92. The summed E-state index contributed by atoms with van der Waals surface area (Å²) in [6.07, 6.45) is 6.87. The molecule has 5 nitrogen and oxygen atoms in total. The van der Waals surface area contributed by atoms with Gasteiger partial charge in [-0.2, -0.15) is 0 Å². The minimum Gasteiger partial charge on any atom is -0.490 e. The Balaban J connectivity index is 1.86. The van der Waals surface area contributed by atoms with Crippen molar-refractivity contribution in [3.63, 3.8) is 0 Å². The highest BCUT2D eigenvalue weighted by Gasteiger charge is 2.03. The van der Waals surface area contributed by atoms with Crippen LogP contribution in [0.5, 0.6) is 5.75 Å². The van der Waals surface area contributed by atoms with Gasteiger partial charge in [-0.05, 0) is 31.9 Å². The minimum atomic E-state index is -0.168. The van der Waals surface area contributed by atoms with Gasteiger partial charge in [-0.1, -0.05) is 43.9 Å². The molecule has 0 saturated carbocycles. The Morgan fingerprint density at radius 1 is 0.760 bits per heavy atom. The maximum atomic E-state index is 11.6. The van der Waals surface area contributed by atoms with Gasteiger partial charge in [0.2, 0.25) is 0 Å². The monoisotopic (exact) mass is 350 g/mol. The van der Waals surface area contributed by atoms with Gasteiger partial charge in [-0.3, -0.25) is 9.59 Å². The summed E-state index contributed by atoms with van der Waals surface area (Å²) >= 11 is 0. The first-order chi connectivity index (χ1) is 12.2. The van der Waals surface area contributed by atoms with Crippen LogP contribution in [0.25, 0.3) is 0 Å². The molecule has 0 radical (unpaired) electrons. The molecule has 0 atom stereocenters. The molecule has 0 N–H and O–H groups in total. The first-order valence-electron chi connectivity index (χ1n) is 9.21. The molecule has 0 spiro atoms. The molecule has 0 heterocycles. The van der Waals surface area contributed by atoms with Crippen molar-refractivity contribution in [2.45, 2.75) is 58.3 Å². The SMILES string of the molecule is CCOC(=O)CCCCCCCCC(=O)OCCOc1ccccc1. The Morgan fingerprint density at radius 2 is 1.32 bits per heavy atom. The molecule has 0 amide bonds. The Bertz CT molecular complexity index is 472. The molecule has 0 unspecified atom stereocenters. The summed E-state index contributed by atoms with van der Waals surface area (Å²) in [5, 5.41) is 0. The molecule has 1 aromatic rings. The number of hydrogen-bond donors (Lipinski definition) is 0. The number of hydrogen-bond acceptors (Lipinski definition) is 5. The second-order valence-corrected chi connectivity index (χ2v) is 5.81. The van der Waals surface area contributed by atoms with Gasteiger partial charge in [-0.25, -0.2) is 0 Å². The molecular weight excluding hydrogens is 320 g/mol. The number of ether oxygens (including phenoxy) is 3. The first-order valence-corrected chi connectivity index (χ1v) is 9.21. The second kappa shape index (κ2) is 14.3. The van der Waals surface area contributed by atoms with Crippen LogP contribution in [0.3, 0.4) is 0 Å².